The summed E-state index contributed by atoms with van der Waals surface area (Å²) in [5, 5.41) is 2.70. The van der Waals surface area contributed by atoms with Crippen molar-refractivity contribution in [2.24, 2.45) is 0 Å². The second-order valence-electron chi connectivity index (χ2n) is 7.20. The van der Waals surface area contributed by atoms with E-state index in [1.54, 1.807) is 37.4 Å². The van der Waals surface area contributed by atoms with E-state index >= 15 is 0 Å². The maximum Gasteiger partial charge on any atom is 0.343 e. The van der Waals surface area contributed by atoms with Crippen molar-refractivity contribution in [1.82, 2.24) is 0 Å². The van der Waals surface area contributed by atoms with Crippen LogP contribution in [0.3, 0.4) is 0 Å². The molecule has 0 aliphatic carbocycles. The highest BCUT2D eigenvalue weighted by atomic mass is 16.6. The average molecular weight is 398 g/mol. The van der Waals surface area contributed by atoms with Gasteiger partial charge in [0, 0.05) is 11.8 Å². The van der Waals surface area contributed by atoms with Crippen LogP contribution < -0.4 is 20.5 Å². The zero-order valence-electron chi connectivity index (χ0n) is 15.9. The van der Waals surface area contributed by atoms with Crippen LogP contribution in [0.5, 0.6) is 17.4 Å². The third-order valence-electron chi connectivity index (χ3n) is 5.54. The lowest BCUT2D eigenvalue weighted by Crippen LogP contribution is -2.20. The lowest BCUT2D eigenvalue weighted by Gasteiger charge is -2.19. The molecule has 0 spiro atoms. The van der Waals surface area contributed by atoms with Crippen LogP contribution in [0.4, 0.5) is 0 Å². The molecule has 5 aromatic rings. The molecule has 0 saturated heterocycles. The average Bonchev–Trinajstić information content (AvgIpc) is 2.77. The fourth-order valence-electron chi connectivity index (χ4n) is 4.06. The molecule has 6 rings (SSSR count). The molecule has 0 N–H and O–H groups in total. The largest absolute Gasteiger partial charge is 0.497 e. The van der Waals surface area contributed by atoms with Crippen LogP contribution in [0, 0.1) is 0 Å². The van der Waals surface area contributed by atoms with E-state index in [0.717, 1.165) is 10.8 Å². The van der Waals surface area contributed by atoms with Gasteiger partial charge in [-0.15, -0.1) is 0 Å². The molecule has 0 amide bonds. The number of ether oxygens (including phenoxy) is 2. The second kappa shape index (κ2) is 5.97. The Balaban J connectivity index is 1.66. The summed E-state index contributed by atoms with van der Waals surface area (Å²) in [4.78, 5) is 26.0. The van der Waals surface area contributed by atoms with Crippen LogP contribution in [0.1, 0.15) is 11.1 Å². The third kappa shape index (κ3) is 2.24. The zero-order chi connectivity index (χ0) is 20.4. The molecule has 30 heavy (non-hydrogen) atoms. The molecular formula is C24H14O6. The molecule has 146 valence electrons. The fraction of sp³-hybridized carbons (Fsp3) is 0.0833. The smallest absolute Gasteiger partial charge is 0.343 e. The van der Waals surface area contributed by atoms with Gasteiger partial charge >= 0.3 is 5.63 Å². The van der Waals surface area contributed by atoms with E-state index in [-0.39, 0.29) is 17.8 Å². The van der Waals surface area contributed by atoms with E-state index < -0.39 is 5.63 Å². The van der Waals surface area contributed by atoms with Gasteiger partial charge in [-0.05, 0) is 35.7 Å². The van der Waals surface area contributed by atoms with Gasteiger partial charge in [-0.3, -0.25) is 4.79 Å². The Morgan fingerprint density at radius 3 is 2.57 bits per heavy atom. The van der Waals surface area contributed by atoms with Crippen molar-refractivity contribution >= 4 is 32.7 Å². The van der Waals surface area contributed by atoms with Crippen LogP contribution in [-0.2, 0) is 6.42 Å². The summed E-state index contributed by atoms with van der Waals surface area (Å²) >= 11 is 0. The number of fused-ring (bicyclic) bond motifs is 7. The minimum absolute atomic E-state index is 0.0798. The van der Waals surface area contributed by atoms with E-state index in [2.05, 4.69) is 0 Å². The van der Waals surface area contributed by atoms with Gasteiger partial charge in [0.1, 0.15) is 16.9 Å². The lowest BCUT2D eigenvalue weighted by atomic mass is 9.99. The van der Waals surface area contributed by atoms with E-state index in [0.29, 0.717) is 44.6 Å². The Morgan fingerprint density at radius 2 is 1.70 bits per heavy atom. The van der Waals surface area contributed by atoms with Gasteiger partial charge in [-0.1, -0.05) is 24.3 Å². The highest BCUT2D eigenvalue weighted by Gasteiger charge is 2.29. The van der Waals surface area contributed by atoms with Gasteiger partial charge in [0.2, 0.25) is 5.43 Å². The minimum atomic E-state index is -0.520. The zero-order valence-corrected chi connectivity index (χ0v) is 15.9. The van der Waals surface area contributed by atoms with Crippen molar-refractivity contribution in [1.29, 1.82) is 0 Å². The topological polar surface area (TPSA) is 78.9 Å². The molecule has 0 fully saturated rings. The maximum absolute atomic E-state index is 13.5. The lowest BCUT2D eigenvalue weighted by molar-refractivity contribution is 0.335. The number of para-hydroxylation sites is 1. The molecule has 2 aromatic heterocycles. The van der Waals surface area contributed by atoms with Gasteiger partial charge < -0.3 is 18.3 Å². The molecule has 0 bridgehead atoms. The standard InChI is InChI=1S/C24H14O6/c1-27-13-8-6-12-7-9-19-20(15(12)10-13)21(25)16-11-17-22(30-24(16)29-19)14-4-2-3-5-18(14)28-23(17)26/h2-10H,11H2,1H3. The van der Waals surface area contributed by atoms with E-state index in [4.69, 9.17) is 18.3 Å². The van der Waals surface area contributed by atoms with Gasteiger partial charge in [-0.25, -0.2) is 4.79 Å². The summed E-state index contributed by atoms with van der Waals surface area (Å²) in [6.45, 7) is 0. The van der Waals surface area contributed by atoms with Crippen molar-refractivity contribution in [2.75, 3.05) is 7.11 Å². The molecule has 0 unspecified atom stereocenters. The van der Waals surface area contributed by atoms with E-state index in [1.165, 1.54) is 0 Å². The van der Waals surface area contributed by atoms with Crippen LogP contribution in [0.2, 0.25) is 0 Å². The summed E-state index contributed by atoms with van der Waals surface area (Å²) in [6, 6.07) is 16.3. The molecule has 0 radical (unpaired) electrons. The molecule has 3 heterocycles. The Kier molecular flexibility index (Phi) is 3.35. The number of hydrogen-bond donors (Lipinski definition) is 0. The molecule has 3 aromatic carbocycles. The first kappa shape index (κ1) is 16.9. The first-order valence-corrected chi connectivity index (χ1v) is 9.43. The van der Waals surface area contributed by atoms with Gasteiger partial charge in [0.05, 0.1) is 29.0 Å². The Hall–Kier alpha value is -4.06. The summed E-state index contributed by atoms with van der Waals surface area (Å²) < 4.78 is 22.7. The van der Waals surface area contributed by atoms with Crippen LogP contribution in [0.25, 0.3) is 32.7 Å². The van der Waals surface area contributed by atoms with Crippen LogP contribution >= 0.6 is 0 Å². The Labute approximate surface area is 168 Å². The predicted molar refractivity (Wildman–Crippen MR) is 112 cm³/mol. The monoisotopic (exact) mass is 398 g/mol. The van der Waals surface area contributed by atoms with Gasteiger partial charge in [0.15, 0.2) is 5.75 Å². The Bertz CT molecular complexity index is 1620. The predicted octanol–water partition coefficient (Wildman–Crippen LogP) is 4.76. The van der Waals surface area contributed by atoms with Crippen LogP contribution in [-0.4, -0.2) is 7.11 Å². The van der Waals surface area contributed by atoms with Gasteiger partial charge in [0.25, 0.3) is 5.95 Å². The van der Waals surface area contributed by atoms with Crippen molar-refractivity contribution in [3.63, 3.8) is 0 Å². The summed E-state index contributed by atoms with van der Waals surface area (Å²) in [5.74, 6) is 1.12. The first-order chi connectivity index (χ1) is 14.6. The second-order valence-corrected chi connectivity index (χ2v) is 7.20. The fourth-order valence-corrected chi connectivity index (χ4v) is 4.06. The van der Waals surface area contributed by atoms with Crippen molar-refractivity contribution in [3.05, 3.63) is 86.4 Å². The maximum atomic E-state index is 13.5. The highest BCUT2D eigenvalue weighted by Crippen LogP contribution is 2.40. The SMILES string of the molecule is COc1ccc2ccc3oc4c(c(=O)c3c2c1)Cc1c(c2ccccc2oc1=O)O4. The van der Waals surface area contributed by atoms with Crippen molar-refractivity contribution in [2.45, 2.75) is 6.42 Å². The molecule has 1 aliphatic rings. The van der Waals surface area contributed by atoms with E-state index in [1.807, 2.05) is 24.3 Å². The summed E-state index contributed by atoms with van der Waals surface area (Å²) in [7, 11) is 1.57. The Morgan fingerprint density at radius 1 is 0.867 bits per heavy atom. The number of rotatable bonds is 1. The van der Waals surface area contributed by atoms with E-state index in [9.17, 15) is 9.59 Å². The first-order valence-electron chi connectivity index (χ1n) is 9.43. The number of methoxy groups -OCH3 is 1. The molecule has 6 nitrogen and oxygen atoms in total. The quantitative estimate of drug-likeness (QED) is 0.294. The molecule has 1 aliphatic heterocycles. The summed E-state index contributed by atoms with van der Waals surface area (Å²) in [6.07, 6.45) is 0.0798. The number of hydrogen-bond acceptors (Lipinski definition) is 6. The van der Waals surface area contributed by atoms with Crippen molar-refractivity contribution in [3.8, 4) is 17.4 Å². The van der Waals surface area contributed by atoms with Crippen molar-refractivity contribution < 1.29 is 18.3 Å². The molecule has 6 heteroatoms. The van der Waals surface area contributed by atoms with Gasteiger partial charge in [-0.2, -0.15) is 0 Å². The third-order valence-corrected chi connectivity index (χ3v) is 5.54. The highest BCUT2D eigenvalue weighted by molar-refractivity contribution is 6.06. The molecular weight excluding hydrogens is 384 g/mol. The summed E-state index contributed by atoms with van der Waals surface area (Å²) in [5.41, 5.74) is 0.691. The normalized spacial score (nSPS) is 12.6. The minimum Gasteiger partial charge on any atom is -0.497 e. The number of benzene rings is 3. The molecule has 0 saturated carbocycles. The molecule has 0 atom stereocenters. The van der Waals surface area contributed by atoms with Crippen LogP contribution in [0.15, 0.2) is 73.0 Å².